The lowest BCUT2D eigenvalue weighted by Crippen LogP contribution is -2.46. The van der Waals surface area contributed by atoms with Crippen LogP contribution in [0.5, 0.6) is 0 Å². The largest absolute Gasteiger partial charge is 0.369 e. The number of piperazine rings is 1. The van der Waals surface area contributed by atoms with E-state index in [1.165, 1.54) is 9.08 Å². The number of hydrogen-bond donors (Lipinski definition) is 0. The van der Waals surface area contributed by atoms with Gasteiger partial charge in [0.05, 0.1) is 0 Å². The van der Waals surface area contributed by atoms with Crippen LogP contribution in [-0.2, 0) is 6.54 Å². The average molecular weight is 374 g/mol. The Kier molecular flexibility index (Phi) is 4.28. The Morgan fingerprint density at radius 2 is 1.92 bits per heavy atom. The van der Waals surface area contributed by atoms with Gasteiger partial charge in [0.1, 0.15) is 0 Å². The molecule has 1 aliphatic heterocycles. The van der Waals surface area contributed by atoms with Crippen molar-refractivity contribution >= 4 is 22.9 Å². The van der Waals surface area contributed by atoms with Gasteiger partial charge in [-0.25, -0.2) is 9.48 Å². The molecule has 3 aromatic rings. The molecule has 0 atom stereocenters. The summed E-state index contributed by atoms with van der Waals surface area (Å²) in [5, 5.41) is 4.96. The summed E-state index contributed by atoms with van der Waals surface area (Å²) < 4.78 is 19.4. The quantitative estimate of drug-likeness (QED) is 0.688. The number of pyridine rings is 1. The van der Waals surface area contributed by atoms with Crippen LogP contribution >= 0.6 is 11.6 Å². The fraction of sp³-hybridized carbons (Fsp3) is 0.368. The number of hydrogen-bond acceptors (Lipinski definition) is 4. The van der Waals surface area contributed by atoms with Crippen LogP contribution in [0.3, 0.4) is 0 Å². The average Bonchev–Trinajstić information content (AvgIpc) is 2.97. The third-order valence-corrected chi connectivity index (χ3v) is 4.87. The van der Waals surface area contributed by atoms with Gasteiger partial charge >= 0.3 is 5.69 Å². The molecule has 1 saturated heterocycles. The van der Waals surface area contributed by atoms with Gasteiger partial charge in [-0.1, -0.05) is 23.7 Å². The van der Waals surface area contributed by atoms with Crippen LogP contribution < -0.4 is 10.6 Å². The molecule has 2 aromatic heterocycles. The van der Waals surface area contributed by atoms with Crippen molar-refractivity contribution in [2.75, 3.05) is 37.6 Å². The van der Waals surface area contributed by atoms with Crippen molar-refractivity contribution in [3.8, 4) is 0 Å². The first-order valence-corrected chi connectivity index (χ1v) is 9.06. The normalized spacial score (nSPS) is 17.3. The highest BCUT2D eigenvalue weighted by Crippen LogP contribution is 2.20. The first kappa shape index (κ1) is 14.8. The molecular formula is C19H22ClN5O. The lowest BCUT2D eigenvalue weighted by Gasteiger charge is -2.36. The van der Waals surface area contributed by atoms with Crippen molar-refractivity contribution in [3.05, 3.63) is 64.2 Å². The first-order chi connectivity index (χ1) is 13.4. The minimum atomic E-state index is -1.56. The Balaban J connectivity index is 1.38. The Labute approximate surface area is 160 Å². The molecule has 1 fully saturated rings. The summed E-state index contributed by atoms with van der Waals surface area (Å²) in [6.07, 6.45) is 0.0891. The van der Waals surface area contributed by atoms with Crippen LogP contribution in [0.15, 0.2) is 53.5 Å². The number of rotatable bonds is 5. The lowest BCUT2D eigenvalue weighted by atomic mass is 10.2. The molecule has 0 bridgehead atoms. The number of anilines is 1. The lowest BCUT2D eigenvalue weighted by molar-refractivity contribution is 0.248. The van der Waals surface area contributed by atoms with Crippen molar-refractivity contribution in [3.63, 3.8) is 0 Å². The zero-order valence-electron chi connectivity index (χ0n) is 16.4. The molecule has 4 rings (SSSR count). The third kappa shape index (κ3) is 3.61. The molecule has 0 saturated carbocycles. The van der Waals surface area contributed by atoms with E-state index in [0.29, 0.717) is 10.7 Å². The number of fused-ring (bicyclic) bond motifs is 1. The van der Waals surface area contributed by atoms with Crippen molar-refractivity contribution in [2.45, 2.75) is 12.9 Å². The molecule has 1 aromatic carbocycles. The maximum atomic E-state index is 12.4. The Hall–Kier alpha value is -2.31. The smallest absolute Gasteiger partial charge is 0.350 e. The topological polar surface area (TPSA) is 45.8 Å². The van der Waals surface area contributed by atoms with Gasteiger partial charge in [-0.2, -0.15) is 0 Å². The van der Waals surface area contributed by atoms with E-state index >= 15 is 0 Å². The summed E-state index contributed by atoms with van der Waals surface area (Å²) in [5.41, 5.74) is 1.30. The second kappa shape index (κ2) is 7.51. The monoisotopic (exact) mass is 373 g/mol. The standard InChI is InChI=1S/C19H22ClN5O/c20-16-5-3-6-17(15-16)23-13-11-22(12-14-23)8-4-10-25-19(26)24-9-2-1-7-18(24)21-25/h1-3,5-7,9,15H,4,8,10-14H2/i4D2. The van der Waals surface area contributed by atoms with Crippen LogP contribution in [-0.4, -0.2) is 51.8 Å². The van der Waals surface area contributed by atoms with Gasteiger partial charge in [0, 0.05) is 58.9 Å². The Bertz CT molecular complexity index is 1030. The van der Waals surface area contributed by atoms with E-state index in [1.807, 2.05) is 24.3 Å². The number of aryl methyl sites for hydroxylation is 1. The summed E-state index contributed by atoms with van der Waals surface area (Å²) in [5.74, 6) is 0. The van der Waals surface area contributed by atoms with Crippen LogP contribution in [0.1, 0.15) is 9.11 Å². The SMILES string of the molecule is [2H]C([2H])(CN1CCN(c2cccc(Cl)c2)CC1)Cn1nc2ccccn2c1=O. The minimum absolute atomic E-state index is 0.0674. The molecule has 0 unspecified atom stereocenters. The van der Waals surface area contributed by atoms with Gasteiger partial charge < -0.3 is 4.90 Å². The molecule has 0 amide bonds. The molecule has 1 aliphatic rings. The number of halogens is 1. The van der Waals surface area contributed by atoms with Gasteiger partial charge in [0.25, 0.3) is 0 Å². The van der Waals surface area contributed by atoms with E-state index in [0.717, 1.165) is 31.9 Å². The molecule has 0 aliphatic carbocycles. The van der Waals surface area contributed by atoms with Crippen molar-refractivity contribution in [1.82, 2.24) is 19.1 Å². The zero-order valence-corrected chi connectivity index (χ0v) is 15.1. The van der Waals surface area contributed by atoms with Gasteiger partial charge in [0.15, 0.2) is 5.65 Å². The Morgan fingerprint density at radius 3 is 2.69 bits per heavy atom. The van der Waals surface area contributed by atoms with E-state index in [4.69, 9.17) is 14.3 Å². The van der Waals surface area contributed by atoms with Crippen molar-refractivity contribution in [2.24, 2.45) is 0 Å². The molecule has 3 heterocycles. The molecule has 0 spiro atoms. The fourth-order valence-electron chi connectivity index (χ4n) is 3.22. The van der Waals surface area contributed by atoms with Gasteiger partial charge in [-0.05, 0) is 36.7 Å². The summed E-state index contributed by atoms with van der Waals surface area (Å²) in [6.45, 7) is 3.33. The second-order valence-electron chi connectivity index (χ2n) is 6.36. The summed E-state index contributed by atoms with van der Waals surface area (Å²) in [7, 11) is 0. The van der Waals surface area contributed by atoms with E-state index in [1.54, 1.807) is 24.4 Å². The number of benzene rings is 1. The van der Waals surface area contributed by atoms with Gasteiger partial charge in [-0.15, -0.1) is 5.10 Å². The summed E-state index contributed by atoms with van der Waals surface area (Å²) >= 11 is 6.08. The van der Waals surface area contributed by atoms with Crippen molar-refractivity contribution < 1.29 is 2.74 Å². The van der Waals surface area contributed by atoms with Crippen LogP contribution in [0.2, 0.25) is 5.02 Å². The van der Waals surface area contributed by atoms with Gasteiger partial charge in [-0.3, -0.25) is 9.30 Å². The summed E-state index contributed by atoms with van der Waals surface area (Å²) in [6, 6.07) is 13.1. The first-order valence-electron chi connectivity index (χ1n) is 9.68. The van der Waals surface area contributed by atoms with Gasteiger partial charge in [0.2, 0.25) is 0 Å². The predicted octanol–water partition coefficient (Wildman–Crippen LogP) is 2.36. The minimum Gasteiger partial charge on any atom is -0.369 e. The molecule has 0 radical (unpaired) electrons. The Morgan fingerprint density at radius 1 is 1.08 bits per heavy atom. The molecule has 6 nitrogen and oxygen atoms in total. The van der Waals surface area contributed by atoms with Crippen LogP contribution in [0.25, 0.3) is 5.65 Å². The molecule has 136 valence electrons. The summed E-state index contributed by atoms with van der Waals surface area (Å²) in [4.78, 5) is 16.7. The highest BCUT2D eigenvalue weighted by atomic mass is 35.5. The number of aromatic nitrogens is 3. The van der Waals surface area contributed by atoms with E-state index in [2.05, 4.69) is 14.9 Å². The fourth-order valence-corrected chi connectivity index (χ4v) is 3.41. The number of nitrogens with zero attached hydrogens (tertiary/aromatic N) is 5. The maximum absolute atomic E-state index is 12.4. The highest BCUT2D eigenvalue weighted by Gasteiger charge is 2.17. The van der Waals surface area contributed by atoms with Crippen LogP contribution in [0.4, 0.5) is 5.69 Å². The highest BCUT2D eigenvalue weighted by molar-refractivity contribution is 6.30. The molecule has 0 N–H and O–H groups in total. The van der Waals surface area contributed by atoms with E-state index in [9.17, 15) is 4.79 Å². The molecule has 26 heavy (non-hydrogen) atoms. The van der Waals surface area contributed by atoms with E-state index < -0.39 is 6.37 Å². The molecular weight excluding hydrogens is 350 g/mol. The predicted molar refractivity (Wildman–Crippen MR) is 104 cm³/mol. The third-order valence-electron chi connectivity index (χ3n) is 4.63. The maximum Gasteiger partial charge on any atom is 0.350 e. The molecule has 7 heteroatoms. The second-order valence-corrected chi connectivity index (χ2v) is 6.80. The van der Waals surface area contributed by atoms with E-state index in [-0.39, 0.29) is 18.8 Å². The van der Waals surface area contributed by atoms with Crippen molar-refractivity contribution in [1.29, 1.82) is 0 Å². The van der Waals surface area contributed by atoms with Crippen LogP contribution in [0, 0.1) is 0 Å². The zero-order chi connectivity index (χ0) is 19.7.